The molecule has 3 aromatic rings. The average Bonchev–Trinajstić information content (AvgIpc) is 3.14. The Morgan fingerprint density at radius 2 is 1.88 bits per heavy atom. The molecular formula is C21H19N3OS. The van der Waals surface area contributed by atoms with Crippen LogP contribution in [0.25, 0.3) is 22.0 Å². The molecule has 5 rings (SSSR count). The lowest BCUT2D eigenvalue weighted by Gasteiger charge is -2.34. The van der Waals surface area contributed by atoms with Crippen molar-refractivity contribution < 1.29 is 4.79 Å². The fraction of sp³-hybridized carbons (Fsp3) is 0.238. The highest BCUT2D eigenvalue weighted by molar-refractivity contribution is 7.80. The molecule has 1 N–H and O–H groups in total. The number of benzene rings is 2. The maximum absolute atomic E-state index is 12.6. The van der Waals surface area contributed by atoms with E-state index < -0.39 is 0 Å². The first kappa shape index (κ1) is 15.6. The van der Waals surface area contributed by atoms with E-state index in [1.165, 1.54) is 27.8 Å². The number of nitrogens with zero attached hydrogens (tertiary/aromatic N) is 2. The van der Waals surface area contributed by atoms with Crippen molar-refractivity contribution in [1.29, 1.82) is 0 Å². The molecule has 130 valence electrons. The molecule has 1 saturated heterocycles. The number of carbonyl (C=O) groups excluding carboxylic acids is 1. The molecule has 0 aliphatic carbocycles. The Hall–Kier alpha value is -2.66. The molecule has 1 fully saturated rings. The molecule has 2 atom stereocenters. The predicted molar refractivity (Wildman–Crippen MR) is 107 cm³/mol. The second kappa shape index (κ2) is 5.42. The maximum Gasteiger partial charge on any atom is 0.251 e. The van der Waals surface area contributed by atoms with Crippen LogP contribution in [0.3, 0.4) is 0 Å². The lowest BCUT2D eigenvalue weighted by Crippen LogP contribution is -2.42. The van der Waals surface area contributed by atoms with Crippen molar-refractivity contribution in [2.24, 2.45) is 0 Å². The van der Waals surface area contributed by atoms with Crippen LogP contribution in [0.1, 0.15) is 24.2 Å². The third-order valence-corrected chi connectivity index (χ3v) is 6.22. The van der Waals surface area contributed by atoms with E-state index in [2.05, 4.69) is 59.3 Å². The van der Waals surface area contributed by atoms with E-state index in [1.807, 2.05) is 6.07 Å². The van der Waals surface area contributed by atoms with Gasteiger partial charge in [-0.3, -0.25) is 9.69 Å². The zero-order valence-corrected chi connectivity index (χ0v) is 15.5. The summed E-state index contributed by atoms with van der Waals surface area (Å²) in [4.78, 5) is 19.9. The number of carbonyl (C=O) groups is 1. The summed E-state index contributed by atoms with van der Waals surface area (Å²) in [5.74, 6) is 0.0998. The second-order valence-electron chi connectivity index (χ2n) is 7.13. The number of hydrogen-bond donors (Lipinski definition) is 1. The second-order valence-corrected chi connectivity index (χ2v) is 7.49. The molecule has 0 unspecified atom stereocenters. The van der Waals surface area contributed by atoms with Gasteiger partial charge in [0.2, 0.25) is 0 Å². The van der Waals surface area contributed by atoms with Crippen LogP contribution in [0.2, 0.25) is 0 Å². The molecule has 0 spiro atoms. The molecule has 5 heteroatoms. The Morgan fingerprint density at radius 3 is 2.65 bits per heavy atom. The number of amides is 1. The van der Waals surface area contributed by atoms with E-state index in [1.54, 1.807) is 11.9 Å². The Bertz CT molecular complexity index is 1060. The molecule has 0 radical (unpaired) electrons. The molecule has 2 aliphatic rings. The average molecular weight is 361 g/mol. The quantitative estimate of drug-likeness (QED) is 0.669. The molecule has 1 amide bonds. The van der Waals surface area contributed by atoms with E-state index >= 15 is 0 Å². The molecule has 2 aromatic carbocycles. The van der Waals surface area contributed by atoms with Gasteiger partial charge in [-0.05, 0) is 41.9 Å². The minimum atomic E-state index is -0.178. The molecule has 3 heterocycles. The maximum atomic E-state index is 12.6. The number of rotatable bonds is 1. The Balaban J connectivity index is 1.64. The molecule has 4 nitrogen and oxygen atoms in total. The zero-order chi connectivity index (χ0) is 18.0. The highest BCUT2D eigenvalue weighted by Gasteiger charge is 2.47. The van der Waals surface area contributed by atoms with Crippen LogP contribution in [0, 0.1) is 0 Å². The molecular weight excluding hydrogens is 342 g/mol. The third kappa shape index (κ3) is 2.01. The van der Waals surface area contributed by atoms with Crippen LogP contribution in [0.5, 0.6) is 0 Å². The summed E-state index contributed by atoms with van der Waals surface area (Å²) in [6.07, 6.45) is 0.702. The normalized spacial score (nSPS) is 22.1. The Labute approximate surface area is 157 Å². The number of thiocarbonyl (C=S) groups is 1. The molecule has 26 heavy (non-hydrogen) atoms. The highest BCUT2D eigenvalue weighted by atomic mass is 32.1. The van der Waals surface area contributed by atoms with E-state index in [4.69, 9.17) is 12.2 Å². The SMILES string of the molecule is C[C@H]1c2[nH]c3cc(-c4ccccc4)ccc3c2C[C@@H]2C(=O)N(C)C(=S)N21. The lowest BCUT2D eigenvalue weighted by molar-refractivity contribution is -0.127. The van der Waals surface area contributed by atoms with E-state index in [9.17, 15) is 4.79 Å². The predicted octanol–water partition coefficient (Wildman–Crippen LogP) is 3.88. The number of H-pyrrole nitrogens is 1. The number of likely N-dealkylation sites (N-methyl/N-ethyl adjacent to an activating group) is 1. The van der Waals surface area contributed by atoms with Crippen LogP contribution in [-0.2, 0) is 11.2 Å². The lowest BCUT2D eigenvalue weighted by atomic mass is 9.93. The summed E-state index contributed by atoms with van der Waals surface area (Å²) in [7, 11) is 1.77. The van der Waals surface area contributed by atoms with Gasteiger partial charge in [-0.2, -0.15) is 0 Å². The summed E-state index contributed by atoms with van der Waals surface area (Å²) < 4.78 is 0. The summed E-state index contributed by atoms with van der Waals surface area (Å²) in [5.41, 5.74) is 5.94. The fourth-order valence-corrected chi connectivity index (χ4v) is 4.74. The molecule has 2 aliphatic heterocycles. The zero-order valence-electron chi connectivity index (χ0n) is 14.7. The first-order valence-corrected chi connectivity index (χ1v) is 9.27. The van der Waals surface area contributed by atoms with E-state index in [0.717, 1.165) is 5.52 Å². The number of aromatic amines is 1. The smallest absolute Gasteiger partial charge is 0.251 e. The minimum absolute atomic E-state index is 0.0673. The monoisotopic (exact) mass is 361 g/mol. The van der Waals surface area contributed by atoms with Gasteiger partial charge in [-0.15, -0.1) is 0 Å². The van der Waals surface area contributed by atoms with Gasteiger partial charge < -0.3 is 9.88 Å². The Morgan fingerprint density at radius 1 is 1.12 bits per heavy atom. The number of hydrogen-bond acceptors (Lipinski definition) is 2. The highest BCUT2D eigenvalue weighted by Crippen LogP contribution is 2.41. The van der Waals surface area contributed by atoms with E-state index in [0.29, 0.717) is 11.5 Å². The Kier molecular flexibility index (Phi) is 3.25. The van der Waals surface area contributed by atoms with Crippen molar-refractivity contribution in [3.05, 3.63) is 59.8 Å². The molecule has 0 saturated carbocycles. The number of fused-ring (bicyclic) bond motifs is 4. The van der Waals surface area contributed by atoms with Gasteiger partial charge in [0.15, 0.2) is 5.11 Å². The van der Waals surface area contributed by atoms with Crippen molar-refractivity contribution in [2.75, 3.05) is 7.05 Å². The van der Waals surface area contributed by atoms with Crippen LogP contribution in [0.15, 0.2) is 48.5 Å². The first-order chi connectivity index (χ1) is 12.6. The van der Waals surface area contributed by atoms with Gasteiger partial charge in [0.1, 0.15) is 6.04 Å². The topological polar surface area (TPSA) is 39.3 Å². The van der Waals surface area contributed by atoms with Crippen LogP contribution >= 0.6 is 12.2 Å². The van der Waals surface area contributed by atoms with Gasteiger partial charge in [-0.1, -0.05) is 42.5 Å². The number of nitrogens with one attached hydrogen (secondary N) is 1. The number of aromatic nitrogens is 1. The van der Waals surface area contributed by atoms with Crippen molar-refractivity contribution >= 4 is 34.1 Å². The van der Waals surface area contributed by atoms with Crippen molar-refractivity contribution in [3.63, 3.8) is 0 Å². The van der Waals surface area contributed by atoms with Gasteiger partial charge in [0.25, 0.3) is 5.91 Å². The summed E-state index contributed by atoms with van der Waals surface area (Å²) in [6.45, 7) is 2.12. The van der Waals surface area contributed by atoms with Crippen molar-refractivity contribution in [3.8, 4) is 11.1 Å². The summed E-state index contributed by atoms with van der Waals surface area (Å²) >= 11 is 5.51. The summed E-state index contributed by atoms with van der Waals surface area (Å²) in [6, 6.07) is 16.8. The van der Waals surface area contributed by atoms with E-state index in [-0.39, 0.29) is 18.0 Å². The van der Waals surface area contributed by atoms with Crippen LogP contribution < -0.4 is 0 Å². The third-order valence-electron chi connectivity index (χ3n) is 5.74. The fourth-order valence-electron chi connectivity index (χ4n) is 4.36. The van der Waals surface area contributed by atoms with Gasteiger partial charge in [0, 0.05) is 30.1 Å². The van der Waals surface area contributed by atoms with Gasteiger partial charge in [0.05, 0.1) is 6.04 Å². The van der Waals surface area contributed by atoms with Gasteiger partial charge in [-0.25, -0.2) is 0 Å². The minimum Gasteiger partial charge on any atom is -0.356 e. The molecule has 0 bridgehead atoms. The van der Waals surface area contributed by atoms with Crippen LogP contribution in [-0.4, -0.2) is 38.9 Å². The largest absolute Gasteiger partial charge is 0.356 e. The van der Waals surface area contributed by atoms with Gasteiger partial charge >= 0.3 is 0 Å². The first-order valence-electron chi connectivity index (χ1n) is 8.86. The van der Waals surface area contributed by atoms with Crippen molar-refractivity contribution in [2.45, 2.75) is 25.4 Å². The summed E-state index contributed by atoms with van der Waals surface area (Å²) in [5, 5.41) is 1.83. The molecule has 1 aromatic heterocycles. The van der Waals surface area contributed by atoms with Crippen LogP contribution in [0.4, 0.5) is 0 Å². The standard InChI is InChI=1S/C21H19N3OS/c1-12-19-16(11-18-20(25)23(2)21(26)24(12)18)15-9-8-14(10-17(15)22-19)13-6-4-3-5-7-13/h3-10,12,18,22H,11H2,1-2H3/t12-,18+/m0/s1. The van der Waals surface area contributed by atoms with Crippen molar-refractivity contribution in [1.82, 2.24) is 14.8 Å².